The van der Waals surface area contributed by atoms with E-state index in [2.05, 4.69) is 32.0 Å². The molecule has 0 saturated carbocycles. The Morgan fingerprint density at radius 2 is 1.67 bits per heavy atom. The Morgan fingerprint density at radius 3 is 2.42 bits per heavy atom. The predicted octanol–water partition coefficient (Wildman–Crippen LogP) is 5.75. The number of hydrogen-bond donors (Lipinski definition) is 0. The summed E-state index contributed by atoms with van der Waals surface area (Å²) in [6, 6.07) is 18.6. The minimum absolute atomic E-state index is 0.0390. The molecule has 186 valence electrons. The van der Waals surface area contributed by atoms with Crippen LogP contribution in [0.1, 0.15) is 57.7 Å². The van der Waals surface area contributed by atoms with Crippen LogP contribution in [0.2, 0.25) is 0 Å². The predicted molar refractivity (Wildman–Crippen MR) is 143 cm³/mol. The van der Waals surface area contributed by atoms with Gasteiger partial charge in [-0.25, -0.2) is 4.21 Å². The highest BCUT2D eigenvalue weighted by molar-refractivity contribution is 7.85. The number of piperidine rings is 1. The fourth-order valence-corrected chi connectivity index (χ4v) is 6.85. The first-order valence-corrected chi connectivity index (χ1v) is 13.7. The van der Waals surface area contributed by atoms with E-state index in [9.17, 15) is 13.8 Å². The average molecular weight is 501 g/mol. The molecule has 0 unspecified atom stereocenters. The number of fused-ring (bicyclic) bond motifs is 2. The van der Waals surface area contributed by atoms with Gasteiger partial charge >= 0.3 is 0 Å². The Kier molecular flexibility index (Phi) is 6.56. The van der Waals surface area contributed by atoms with E-state index >= 15 is 0 Å². The molecule has 0 spiro atoms. The number of hydrogen-bond acceptors (Lipinski definition) is 3. The van der Waals surface area contributed by atoms with Crippen molar-refractivity contribution in [1.82, 2.24) is 4.90 Å². The number of amides is 2. The van der Waals surface area contributed by atoms with Crippen LogP contribution in [0.3, 0.4) is 0 Å². The van der Waals surface area contributed by atoms with Crippen LogP contribution >= 0.6 is 0 Å². The highest BCUT2D eigenvalue weighted by Gasteiger charge is 2.33. The molecule has 3 aromatic carbocycles. The lowest BCUT2D eigenvalue weighted by Crippen LogP contribution is -2.42. The Labute approximate surface area is 215 Å². The molecule has 0 N–H and O–H groups in total. The van der Waals surface area contributed by atoms with Crippen molar-refractivity contribution in [3.05, 3.63) is 88.5 Å². The fraction of sp³-hybridized carbons (Fsp3) is 0.333. The van der Waals surface area contributed by atoms with Crippen molar-refractivity contribution in [2.24, 2.45) is 11.8 Å². The molecule has 0 radical (unpaired) electrons. The molecule has 2 amide bonds. The molecule has 0 bridgehead atoms. The maximum absolute atomic E-state index is 13.9. The lowest BCUT2D eigenvalue weighted by Gasteiger charge is -2.35. The van der Waals surface area contributed by atoms with Crippen molar-refractivity contribution in [3.63, 3.8) is 0 Å². The SMILES string of the molecule is Cc1ccc(C)c(CN2C(=O)c3ccccc3[S@@](=O)c3ccc(C(=O)N4C[C@H](C)C[C@H](C)C4)cc32)c1. The highest BCUT2D eigenvalue weighted by atomic mass is 32.2. The van der Waals surface area contributed by atoms with Gasteiger partial charge in [0, 0.05) is 18.7 Å². The van der Waals surface area contributed by atoms with Crippen LogP contribution in [0, 0.1) is 25.7 Å². The smallest absolute Gasteiger partial charge is 0.259 e. The van der Waals surface area contributed by atoms with Crippen molar-refractivity contribution in [3.8, 4) is 0 Å². The van der Waals surface area contributed by atoms with Crippen LogP contribution in [-0.4, -0.2) is 34.0 Å². The fourth-order valence-electron chi connectivity index (χ4n) is 5.51. The van der Waals surface area contributed by atoms with Crippen LogP contribution in [-0.2, 0) is 17.3 Å². The summed E-state index contributed by atoms with van der Waals surface area (Å²) in [7, 11) is -1.54. The molecule has 2 aliphatic heterocycles. The zero-order chi connectivity index (χ0) is 25.6. The molecule has 6 heteroatoms. The molecular formula is C30H32N2O3S. The van der Waals surface area contributed by atoms with Gasteiger partial charge in [-0.15, -0.1) is 0 Å². The zero-order valence-electron chi connectivity index (χ0n) is 21.3. The minimum Gasteiger partial charge on any atom is -0.338 e. The number of likely N-dealkylation sites (tertiary alicyclic amines) is 1. The lowest BCUT2D eigenvalue weighted by atomic mass is 9.91. The number of carbonyl (C=O) groups excluding carboxylic acids is 2. The van der Waals surface area contributed by atoms with E-state index in [-0.39, 0.29) is 11.8 Å². The van der Waals surface area contributed by atoms with Gasteiger partial charge < -0.3 is 9.80 Å². The van der Waals surface area contributed by atoms with Crippen molar-refractivity contribution in [2.45, 2.75) is 50.5 Å². The summed E-state index contributed by atoms with van der Waals surface area (Å²) in [6.07, 6.45) is 1.11. The quantitative estimate of drug-likeness (QED) is 0.460. The molecule has 2 heterocycles. The number of carbonyl (C=O) groups is 2. The van der Waals surface area contributed by atoms with E-state index in [1.165, 1.54) is 0 Å². The summed E-state index contributed by atoms with van der Waals surface area (Å²) in [5.41, 5.74) is 4.71. The van der Waals surface area contributed by atoms with E-state index in [0.29, 0.717) is 45.0 Å². The van der Waals surface area contributed by atoms with Crippen molar-refractivity contribution in [1.29, 1.82) is 0 Å². The van der Waals surface area contributed by atoms with Crippen molar-refractivity contribution in [2.75, 3.05) is 18.0 Å². The van der Waals surface area contributed by atoms with E-state index in [1.807, 2.05) is 18.7 Å². The number of benzene rings is 3. The van der Waals surface area contributed by atoms with Gasteiger partial charge in [0.05, 0.1) is 38.4 Å². The molecule has 1 saturated heterocycles. The first-order chi connectivity index (χ1) is 17.2. The molecule has 3 atom stereocenters. The van der Waals surface area contributed by atoms with Gasteiger partial charge in [0.25, 0.3) is 11.8 Å². The van der Waals surface area contributed by atoms with Gasteiger partial charge in [-0.2, -0.15) is 0 Å². The number of aryl methyl sites for hydroxylation is 2. The van der Waals surface area contributed by atoms with E-state index in [0.717, 1.165) is 36.2 Å². The molecule has 0 aliphatic carbocycles. The van der Waals surface area contributed by atoms with Crippen molar-refractivity contribution >= 4 is 28.3 Å². The second-order valence-corrected chi connectivity index (χ2v) is 11.8. The summed E-state index contributed by atoms with van der Waals surface area (Å²) in [5.74, 6) is 0.650. The molecule has 36 heavy (non-hydrogen) atoms. The maximum Gasteiger partial charge on any atom is 0.259 e. The summed E-state index contributed by atoms with van der Waals surface area (Å²) in [5, 5.41) is 0. The molecule has 2 aliphatic rings. The minimum atomic E-state index is -1.54. The molecule has 1 fully saturated rings. The third kappa shape index (κ3) is 4.50. The van der Waals surface area contributed by atoms with Crippen LogP contribution < -0.4 is 4.90 Å². The highest BCUT2D eigenvalue weighted by Crippen LogP contribution is 2.37. The third-order valence-electron chi connectivity index (χ3n) is 7.25. The van der Waals surface area contributed by atoms with Gasteiger partial charge in [0.2, 0.25) is 0 Å². The Morgan fingerprint density at radius 1 is 0.944 bits per heavy atom. The first kappa shape index (κ1) is 24.4. The number of rotatable bonds is 3. The van der Waals surface area contributed by atoms with Gasteiger partial charge in [-0.05, 0) is 73.6 Å². The first-order valence-electron chi connectivity index (χ1n) is 12.5. The Balaban J connectivity index is 1.62. The van der Waals surface area contributed by atoms with Crippen LogP contribution in [0.4, 0.5) is 5.69 Å². The number of nitrogens with zero attached hydrogens (tertiary/aromatic N) is 2. The summed E-state index contributed by atoms with van der Waals surface area (Å²) in [6.45, 7) is 10.2. The average Bonchev–Trinajstić information content (AvgIpc) is 2.94. The maximum atomic E-state index is 13.9. The summed E-state index contributed by atoms with van der Waals surface area (Å²) in [4.78, 5) is 32.1. The molecule has 3 aromatic rings. The Bertz CT molecular complexity index is 1370. The van der Waals surface area contributed by atoms with Crippen LogP contribution in [0.15, 0.2) is 70.5 Å². The third-order valence-corrected chi connectivity index (χ3v) is 8.75. The zero-order valence-corrected chi connectivity index (χ0v) is 22.1. The van der Waals surface area contributed by atoms with Gasteiger partial charge in [0.1, 0.15) is 0 Å². The second-order valence-electron chi connectivity index (χ2n) is 10.4. The van der Waals surface area contributed by atoms with Crippen LogP contribution in [0.25, 0.3) is 0 Å². The second kappa shape index (κ2) is 9.66. The van der Waals surface area contributed by atoms with Gasteiger partial charge in [-0.3, -0.25) is 9.59 Å². The van der Waals surface area contributed by atoms with Crippen LogP contribution in [0.5, 0.6) is 0 Å². The van der Waals surface area contributed by atoms with Gasteiger partial charge in [-0.1, -0.05) is 49.7 Å². The molecule has 0 aromatic heterocycles. The topological polar surface area (TPSA) is 57.7 Å². The van der Waals surface area contributed by atoms with Crippen molar-refractivity contribution < 1.29 is 13.8 Å². The largest absolute Gasteiger partial charge is 0.338 e. The summed E-state index contributed by atoms with van der Waals surface area (Å²) >= 11 is 0. The van der Waals surface area contributed by atoms with Gasteiger partial charge in [0.15, 0.2) is 0 Å². The van der Waals surface area contributed by atoms with E-state index < -0.39 is 10.8 Å². The summed E-state index contributed by atoms with van der Waals surface area (Å²) < 4.78 is 13.7. The normalized spacial score (nSPS) is 21.6. The lowest BCUT2D eigenvalue weighted by molar-refractivity contribution is 0.0623. The van der Waals surface area contributed by atoms with E-state index in [4.69, 9.17) is 0 Å². The monoisotopic (exact) mass is 500 g/mol. The van der Waals surface area contributed by atoms with E-state index in [1.54, 1.807) is 47.4 Å². The molecule has 5 nitrogen and oxygen atoms in total. The Hall–Kier alpha value is -3.25. The standard InChI is InChI=1S/C30H32N2O3S/c1-19-9-10-22(4)24(14-19)18-32-26-15-23(29(33)31-16-20(2)13-21(3)17-31)11-12-28(26)36(35)27-8-6-5-7-25(27)30(32)34/h5-12,14-15,20-21H,13,16-18H2,1-4H3/t20-,21+,36-/m1/s1. The molecular weight excluding hydrogens is 468 g/mol. The molecule has 5 rings (SSSR count). The number of anilines is 1.